The van der Waals surface area contributed by atoms with Crippen molar-refractivity contribution in [3.05, 3.63) is 35.4 Å². The quantitative estimate of drug-likeness (QED) is 0.675. The number of carbonyl (C=O) groups excluding carboxylic acids is 1. The van der Waals surface area contributed by atoms with Crippen LogP contribution in [0.1, 0.15) is 48.5 Å². The minimum atomic E-state index is -1.14. The lowest BCUT2D eigenvalue weighted by Gasteiger charge is -2.19. The van der Waals surface area contributed by atoms with Crippen molar-refractivity contribution >= 4 is 5.78 Å². The van der Waals surface area contributed by atoms with Crippen molar-refractivity contribution in [1.82, 2.24) is 0 Å². The Kier molecular flexibility index (Phi) is 2.59. The molecule has 1 aromatic carbocycles. The van der Waals surface area contributed by atoms with Gasteiger partial charge in [-0.25, -0.2) is 4.39 Å². The molecule has 0 amide bonds. The fourth-order valence-corrected chi connectivity index (χ4v) is 2.23. The molecule has 1 saturated carbocycles. The molecule has 0 N–H and O–H groups in total. The van der Waals surface area contributed by atoms with E-state index in [4.69, 9.17) is 0 Å². The van der Waals surface area contributed by atoms with Gasteiger partial charge in [0.05, 0.1) is 0 Å². The Hall–Kier alpha value is -1.18. The van der Waals surface area contributed by atoms with Gasteiger partial charge < -0.3 is 0 Å². The number of alkyl halides is 1. The summed E-state index contributed by atoms with van der Waals surface area (Å²) >= 11 is 0. The summed E-state index contributed by atoms with van der Waals surface area (Å²) < 4.78 is 14.3. The van der Waals surface area contributed by atoms with Crippen LogP contribution in [0.4, 0.5) is 4.39 Å². The van der Waals surface area contributed by atoms with Crippen LogP contribution < -0.4 is 0 Å². The Balaban J connectivity index is 2.26. The first-order valence-electron chi connectivity index (χ1n) is 5.42. The van der Waals surface area contributed by atoms with E-state index in [1.807, 2.05) is 0 Å². The van der Waals surface area contributed by atoms with Gasteiger partial charge in [0.15, 0.2) is 5.78 Å². The highest BCUT2D eigenvalue weighted by atomic mass is 19.1. The van der Waals surface area contributed by atoms with E-state index in [0.29, 0.717) is 18.4 Å². The highest BCUT2D eigenvalue weighted by Gasteiger charge is 2.35. The van der Waals surface area contributed by atoms with Gasteiger partial charge in [-0.2, -0.15) is 0 Å². The van der Waals surface area contributed by atoms with E-state index >= 15 is 0 Å². The Morgan fingerprint density at radius 1 is 1.20 bits per heavy atom. The van der Waals surface area contributed by atoms with Crippen LogP contribution >= 0.6 is 0 Å². The van der Waals surface area contributed by atoms with Crippen LogP contribution in [0.3, 0.4) is 0 Å². The Bertz CT molecular complexity index is 361. The molecule has 0 aliphatic heterocycles. The maximum Gasteiger partial charge on any atom is 0.159 e. The molecule has 0 aromatic heterocycles. The van der Waals surface area contributed by atoms with Crippen LogP contribution in [-0.2, 0) is 5.67 Å². The summed E-state index contributed by atoms with van der Waals surface area (Å²) in [5.74, 6) is 0.0286. The molecule has 80 valence electrons. The molecule has 2 rings (SSSR count). The number of hydrogen-bond donors (Lipinski definition) is 0. The minimum absolute atomic E-state index is 0.0286. The Morgan fingerprint density at radius 3 is 2.20 bits per heavy atom. The first-order chi connectivity index (χ1) is 7.12. The Morgan fingerprint density at radius 2 is 1.73 bits per heavy atom. The molecule has 1 nitrogen and oxygen atoms in total. The van der Waals surface area contributed by atoms with Gasteiger partial charge in [-0.15, -0.1) is 0 Å². The lowest BCUT2D eigenvalue weighted by atomic mass is 9.93. The second kappa shape index (κ2) is 3.76. The van der Waals surface area contributed by atoms with Crippen molar-refractivity contribution in [3.63, 3.8) is 0 Å². The summed E-state index contributed by atoms with van der Waals surface area (Å²) in [6.45, 7) is 1.52. The number of hydrogen-bond acceptors (Lipinski definition) is 1. The summed E-state index contributed by atoms with van der Waals surface area (Å²) in [5.41, 5.74) is 0.236. The summed E-state index contributed by atoms with van der Waals surface area (Å²) in [7, 11) is 0. The highest BCUT2D eigenvalue weighted by Crippen LogP contribution is 2.42. The lowest BCUT2D eigenvalue weighted by Crippen LogP contribution is -2.14. The van der Waals surface area contributed by atoms with E-state index in [0.717, 1.165) is 18.4 Å². The van der Waals surface area contributed by atoms with Crippen LogP contribution in [0.5, 0.6) is 0 Å². The molecule has 0 unspecified atom stereocenters. The van der Waals surface area contributed by atoms with Crippen molar-refractivity contribution in [2.75, 3.05) is 0 Å². The van der Waals surface area contributed by atoms with Gasteiger partial charge >= 0.3 is 0 Å². The molecule has 0 radical (unpaired) electrons. The smallest absolute Gasteiger partial charge is 0.159 e. The normalized spacial score (nSPS) is 19.1. The zero-order valence-electron chi connectivity index (χ0n) is 8.92. The molecule has 0 heterocycles. The summed E-state index contributed by atoms with van der Waals surface area (Å²) in [5, 5.41) is 0. The molecule has 0 saturated heterocycles. The molecule has 0 bridgehead atoms. The van der Waals surface area contributed by atoms with E-state index in [1.165, 1.54) is 6.92 Å². The first kappa shape index (κ1) is 10.3. The predicted octanol–water partition coefficient (Wildman–Crippen LogP) is 3.63. The lowest BCUT2D eigenvalue weighted by molar-refractivity contribution is 0.101. The summed E-state index contributed by atoms with van der Waals surface area (Å²) in [6, 6.07) is 6.94. The third-order valence-electron chi connectivity index (χ3n) is 3.20. The van der Waals surface area contributed by atoms with Gasteiger partial charge in [-0.05, 0) is 38.2 Å². The van der Waals surface area contributed by atoms with E-state index < -0.39 is 5.67 Å². The fraction of sp³-hybridized carbons (Fsp3) is 0.462. The molecule has 2 heteroatoms. The number of rotatable bonds is 2. The molecular formula is C13H15FO. The molecule has 15 heavy (non-hydrogen) atoms. The Labute approximate surface area is 89.3 Å². The summed E-state index contributed by atoms with van der Waals surface area (Å²) in [6.07, 6.45) is 3.16. The maximum absolute atomic E-state index is 14.3. The van der Waals surface area contributed by atoms with Gasteiger partial charge in [0, 0.05) is 5.56 Å². The standard InChI is InChI=1S/C13H15FO/c1-10(15)11-4-6-12(7-5-11)13(14)8-2-3-9-13/h4-7H,2-3,8-9H2,1H3. The number of benzene rings is 1. The van der Waals surface area contributed by atoms with Crippen molar-refractivity contribution in [2.45, 2.75) is 38.3 Å². The second-order valence-electron chi connectivity index (χ2n) is 4.31. The zero-order valence-corrected chi connectivity index (χ0v) is 8.92. The van der Waals surface area contributed by atoms with Crippen LogP contribution in [-0.4, -0.2) is 5.78 Å². The van der Waals surface area contributed by atoms with Gasteiger partial charge in [0.2, 0.25) is 0 Å². The van der Waals surface area contributed by atoms with E-state index in [2.05, 4.69) is 0 Å². The number of halogens is 1. The van der Waals surface area contributed by atoms with Crippen molar-refractivity contribution in [2.24, 2.45) is 0 Å². The van der Waals surface area contributed by atoms with E-state index in [1.54, 1.807) is 24.3 Å². The van der Waals surface area contributed by atoms with Gasteiger partial charge in [0.1, 0.15) is 5.67 Å². The molecule has 1 aliphatic carbocycles. The number of carbonyl (C=O) groups is 1. The highest BCUT2D eigenvalue weighted by molar-refractivity contribution is 5.94. The average Bonchev–Trinajstić information content (AvgIpc) is 2.67. The fourth-order valence-electron chi connectivity index (χ4n) is 2.23. The number of Topliss-reactive ketones (excluding diaryl/α,β-unsaturated/α-hetero) is 1. The monoisotopic (exact) mass is 206 g/mol. The molecule has 0 atom stereocenters. The first-order valence-corrected chi connectivity index (χ1v) is 5.42. The molecule has 1 aliphatic rings. The van der Waals surface area contributed by atoms with Gasteiger partial charge in [-0.3, -0.25) is 4.79 Å². The summed E-state index contributed by atoms with van der Waals surface area (Å²) in [4.78, 5) is 11.1. The predicted molar refractivity (Wildman–Crippen MR) is 57.7 cm³/mol. The molecule has 0 spiro atoms. The molecule has 1 aromatic rings. The third-order valence-corrected chi connectivity index (χ3v) is 3.20. The molecular weight excluding hydrogens is 191 g/mol. The van der Waals surface area contributed by atoms with Crippen LogP contribution in [0.25, 0.3) is 0 Å². The average molecular weight is 206 g/mol. The largest absolute Gasteiger partial charge is 0.295 e. The van der Waals surface area contributed by atoms with E-state index in [9.17, 15) is 9.18 Å². The van der Waals surface area contributed by atoms with E-state index in [-0.39, 0.29) is 5.78 Å². The third kappa shape index (κ3) is 1.94. The SMILES string of the molecule is CC(=O)c1ccc(C2(F)CCCC2)cc1. The maximum atomic E-state index is 14.3. The zero-order chi connectivity index (χ0) is 10.9. The second-order valence-corrected chi connectivity index (χ2v) is 4.31. The number of ketones is 1. The van der Waals surface area contributed by atoms with Crippen LogP contribution in [0, 0.1) is 0 Å². The van der Waals surface area contributed by atoms with Gasteiger partial charge in [0.25, 0.3) is 0 Å². The minimum Gasteiger partial charge on any atom is -0.295 e. The van der Waals surface area contributed by atoms with Crippen molar-refractivity contribution in [1.29, 1.82) is 0 Å². The molecule has 1 fully saturated rings. The van der Waals surface area contributed by atoms with Crippen LogP contribution in [0.2, 0.25) is 0 Å². The van der Waals surface area contributed by atoms with Crippen molar-refractivity contribution in [3.8, 4) is 0 Å². The van der Waals surface area contributed by atoms with Gasteiger partial charge in [-0.1, -0.05) is 24.3 Å². The topological polar surface area (TPSA) is 17.1 Å². The van der Waals surface area contributed by atoms with Crippen LogP contribution in [0.15, 0.2) is 24.3 Å². The van der Waals surface area contributed by atoms with Crippen molar-refractivity contribution < 1.29 is 9.18 Å².